The molecule has 1 aliphatic heterocycles. The maximum absolute atomic E-state index is 11.8. The van der Waals surface area contributed by atoms with E-state index in [1.165, 1.54) is 0 Å². The van der Waals surface area contributed by atoms with Gasteiger partial charge >= 0.3 is 0 Å². The molecule has 1 saturated heterocycles. The molecule has 0 spiro atoms. The van der Waals surface area contributed by atoms with E-state index in [1.54, 1.807) is 13.0 Å². The maximum atomic E-state index is 11.8. The van der Waals surface area contributed by atoms with Gasteiger partial charge in [0.05, 0.1) is 25.9 Å². The summed E-state index contributed by atoms with van der Waals surface area (Å²) in [5.41, 5.74) is 0. The van der Waals surface area contributed by atoms with E-state index in [2.05, 4.69) is 10.5 Å². The van der Waals surface area contributed by atoms with Crippen LogP contribution in [0.4, 0.5) is 5.82 Å². The van der Waals surface area contributed by atoms with Crippen molar-refractivity contribution in [2.24, 2.45) is 0 Å². The van der Waals surface area contributed by atoms with E-state index >= 15 is 0 Å². The SMILES string of the molecule is Cc1cc(NC(=O)CN(C)CCOC[C@H]2CCCO2)no1. The molecule has 2 rings (SSSR count). The van der Waals surface area contributed by atoms with Gasteiger partial charge in [0.2, 0.25) is 5.91 Å². The van der Waals surface area contributed by atoms with Gasteiger partial charge in [0, 0.05) is 19.2 Å². The number of hydrogen-bond acceptors (Lipinski definition) is 6. The van der Waals surface area contributed by atoms with Crippen molar-refractivity contribution in [1.29, 1.82) is 0 Å². The number of anilines is 1. The Hall–Kier alpha value is -1.44. The highest BCUT2D eigenvalue weighted by atomic mass is 16.5. The molecular weight excluding hydrogens is 274 g/mol. The van der Waals surface area contributed by atoms with Gasteiger partial charge in [0.25, 0.3) is 0 Å². The van der Waals surface area contributed by atoms with E-state index in [1.807, 2.05) is 11.9 Å². The Kier molecular flexibility index (Phi) is 6.16. The molecule has 2 heterocycles. The number of amides is 1. The molecule has 0 bridgehead atoms. The molecule has 0 radical (unpaired) electrons. The predicted octanol–water partition coefficient (Wildman–Crippen LogP) is 1.05. The van der Waals surface area contributed by atoms with Crippen LogP contribution in [0.15, 0.2) is 10.6 Å². The molecule has 7 nitrogen and oxygen atoms in total. The van der Waals surface area contributed by atoms with Crippen LogP contribution < -0.4 is 5.32 Å². The lowest BCUT2D eigenvalue weighted by atomic mass is 10.2. The van der Waals surface area contributed by atoms with Crippen molar-refractivity contribution >= 4 is 11.7 Å². The summed E-state index contributed by atoms with van der Waals surface area (Å²) < 4.78 is 15.9. The summed E-state index contributed by atoms with van der Waals surface area (Å²) in [6.07, 6.45) is 2.44. The smallest absolute Gasteiger partial charge is 0.239 e. The fourth-order valence-electron chi connectivity index (χ4n) is 2.14. The summed E-state index contributed by atoms with van der Waals surface area (Å²) in [5.74, 6) is 0.992. The van der Waals surface area contributed by atoms with E-state index in [-0.39, 0.29) is 18.6 Å². The summed E-state index contributed by atoms with van der Waals surface area (Å²) >= 11 is 0. The number of nitrogens with one attached hydrogen (secondary N) is 1. The molecule has 1 aromatic rings. The number of aromatic nitrogens is 1. The molecule has 0 aliphatic carbocycles. The van der Waals surface area contributed by atoms with Gasteiger partial charge in [-0.25, -0.2) is 0 Å². The van der Waals surface area contributed by atoms with Crippen LogP contribution in [0.25, 0.3) is 0 Å². The molecule has 0 aromatic carbocycles. The predicted molar refractivity (Wildman–Crippen MR) is 77.2 cm³/mol. The van der Waals surface area contributed by atoms with Gasteiger partial charge in [0.1, 0.15) is 5.76 Å². The topological polar surface area (TPSA) is 76.8 Å². The standard InChI is InChI=1S/C14H23N3O4/c1-11-8-13(16-21-11)15-14(18)9-17(2)5-7-19-10-12-4-3-6-20-12/h8,12H,3-7,9-10H2,1-2H3,(H,15,16,18)/t12-/m1/s1. The van der Waals surface area contributed by atoms with Crippen molar-refractivity contribution in [2.45, 2.75) is 25.9 Å². The molecule has 1 fully saturated rings. The highest BCUT2D eigenvalue weighted by molar-refractivity contribution is 5.91. The zero-order valence-electron chi connectivity index (χ0n) is 12.6. The van der Waals surface area contributed by atoms with Crippen LogP contribution in [0.2, 0.25) is 0 Å². The minimum Gasteiger partial charge on any atom is -0.377 e. The van der Waals surface area contributed by atoms with E-state index in [4.69, 9.17) is 14.0 Å². The fraction of sp³-hybridized carbons (Fsp3) is 0.714. The number of rotatable bonds is 8. The summed E-state index contributed by atoms with van der Waals surface area (Å²) in [6, 6.07) is 1.68. The van der Waals surface area contributed by atoms with Crippen LogP contribution in [0, 0.1) is 6.92 Å². The summed E-state index contributed by atoms with van der Waals surface area (Å²) in [4.78, 5) is 13.7. The van der Waals surface area contributed by atoms with E-state index < -0.39 is 0 Å². The third-order valence-corrected chi connectivity index (χ3v) is 3.25. The molecule has 0 unspecified atom stereocenters. The number of likely N-dealkylation sites (N-methyl/N-ethyl adjacent to an activating group) is 1. The Morgan fingerprint density at radius 3 is 3.14 bits per heavy atom. The first-order chi connectivity index (χ1) is 10.1. The summed E-state index contributed by atoms with van der Waals surface area (Å²) in [5, 5.41) is 6.40. The van der Waals surface area contributed by atoms with Crippen molar-refractivity contribution < 1.29 is 18.8 Å². The second-order valence-corrected chi connectivity index (χ2v) is 5.32. The fourth-order valence-corrected chi connectivity index (χ4v) is 2.14. The van der Waals surface area contributed by atoms with E-state index in [9.17, 15) is 4.79 Å². The minimum atomic E-state index is -0.120. The number of hydrogen-bond donors (Lipinski definition) is 1. The van der Waals surface area contributed by atoms with E-state index in [0.717, 1.165) is 19.4 Å². The highest BCUT2D eigenvalue weighted by Crippen LogP contribution is 2.11. The molecular formula is C14H23N3O4. The van der Waals surface area contributed by atoms with Gasteiger partial charge in [-0.15, -0.1) is 0 Å². The number of aryl methyl sites for hydroxylation is 1. The van der Waals surface area contributed by atoms with E-state index in [0.29, 0.717) is 31.3 Å². The van der Waals surface area contributed by atoms with Crippen LogP contribution in [0.3, 0.4) is 0 Å². The van der Waals surface area contributed by atoms with Gasteiger partial charge in [-0.05, 0) is 26.8 Å². The molecule has 0 saturated carbocycles. The summed E-state index contributed by atoms with van der Waals surface area (Å²) in [6.45, 7) is 4.83. The van der Waals surface area contributed by atoms with Gasteiger partial charge in [-0.2, -0.15) is 0 Å². The van der Waals surface area contributed by atoms with Crippen LogP contribution in [-0.4, -0.2) is 62.0 Å². The Morgan fingerprint density at radius 2 is 2.48 bits per heavy atom. The number of carbonyl (C=O) groups excluding carboxylic acids is 1. The van der Waals surface area contributed by atoms with Gasteiger partial charge in [0.15, 0.2) is 5.82 Å². The molecule has 21 heavy (non-hydrogen) atoms. The average molecular weight is 297 g/mol. The zero-order valence-corrected chi connectivity index (χ0v) is 12.6. The van der Waals surface area contributed by atoms with Gasteiger partial charge < -0.3 is 19.3 Å². The van der Waals surface area contributed by atoms with Crippen LogP contribution >= 0.6 is 0 Å². The zero-order chi connectivity index (χ0) is 15.1. The lowest BCUT2D eigenvalue weighted by molar-refractivity contribution is -0.117. The second kappa shape index (κ2) is 8.11. The van der Waals surface area contributed by atoms with Crippen molar-refractivity contribution in [2.75, 3.05) is 45.3 Å². The van der Waals surface area contributed by atoms with Gasteiger partial charge in [-0.3, -0.25) is 9.69 Å². The quantitative estimate of drug-likeness (QED) is 0.723. The Balaban J connectivity index is 1.55. The lowest BCUT2D eigenvalue weighted by Gasteiger charge is -2.16. The van der Waals surface area contributed by atoms with Gasteiger partial charge in [-0.1, -0.05) is 5.16 Å². The molecule has 118 valence electrons. The first-order valence-corrected chi connectivity index (χ1v) is 7.24. The molecule has 1 aromatic heterocycles. The van der Waals surface area contributed by atoms with Crippen LogP contribution in [0.1, 0.15) is 18.6 Å². The number of ether oxygens (including phenoxy) is 2. The third kappa shape index (κ3) is 5.82. The number of carbonyl (C=O) groups is 1. The van der Waals surface area contributed by atoms with Crippen molar-refractivity contribution in [3.63, 3.8) is 0 Å². The monoisotopic (exact) mass is 297 g/mol. The lowest BCUT2D eigenvalue weighted by Crippen LogP contribution is -2.33. The molecule has 7 heteroatoms. The second-order valence-electron chi connectivity index (χ2n) is 5.32. The van der Waals surface area contributed by atoms with Crippen molar-refractivity contribution in [3.05, 3.63) is 11.8 Å². The number of nitrogens with zero attached hydrogens (tertiary/aromatic N) is 2. The molecule has 1 aliphatic rings. The Morgan fingerprint density at radius 1 is 1.62 bits per heavy atom. The normalized spacial score (nSPS) is 18.3. The largest absolute Gasteiger partial charge is 0.377 e. The Labute approximate surface area is 124 Å². The first-order valence-electron chi connectivity index (χ1n) is 7.24. The first kappa shape index (κ1) is 15.9. The molecule has 1 N–H and O–H groups in total. The highest BCUT2D eigenvalue weighted by Gasteiger charge is 2.15. The van der Waals surface area contributed by atoms with Crippen LogP contribution in [-0.2, 0) is 14.3 Å². The molecule has 1 atom stereocenters. The van der Waals surface area contributed by atoms with Crippen molar-refractivity contribution in [3.8, 4) is 0 Å². The minimum absolute atomic E-state index is 0.120. The van der Waals surface area contributed by atoms with Crippen LogP contribution in [0.5, 0.6) is 0 Å². The Bertz CT molecular complexity index is 443. The van der Waals surface area contributed by atoms with Crippen molar-refractivity contribution in [1.82, 2.24) is 10.1 Å². The maximum Gasteiger partial charge on any atom is 0.239 e. The summed E-state index contributed by atoms with van der Waals surface area (Å²) in [7, 11) is 1.88. The third-order valence-electron chi connectivity index (χ3n) is 3.25. The molecule has 1 amide bonds. The average Bonchev–Trinajstić information content (AvgIpc) is 3.06.